The minimum absolute atomic E-state index is 0.241. The number of aryl methyl sites for hydroxylation is 2. The standard InChI is InChI=1S/C15H26N2/c1-6-12(3)14(16)10-17(5)15-8-7-11(2)9-13(15)4/h7-9,12,14H,6,10,16H2,1-5H3. The van der Waals surface area contributed by atoms with Gasteiger partial charge in [0.25, 0.3) is 0 Å². The third-order valence-electron chi connectivity index (χ3n) is 3.62. The smallest absolute Gasteiger partial charge is 0.0394 e. The van der Waals surface area contributed by atoms with E-state index in [0.717, 1.165) is 13.0 Å². The van der Waals surface area contributed by atoms with Crippen molar-refractivity contribution in [3.63, 3.8) is 0 Å². The first kappa shape index (κ1) is 14.0. The fraction of sp³-hybridized carbons (Fsp3) is 0.600. The monoisotopic (exact) mass is 234 g/mol. The van der Waals surface area contributed by atoms with Gasteiger partial charge >= 0.3 is 0 Å². The number of rotatable bonds is 5. The summed E-state index contributed by atoms with van der Waals surface area (Å²) in [5, 5.41) is 0. The quantitative estimate of drug-likeness (QED) is 0.848. The summed E-state index contributed by atoms with van der Waals surface area (Å²) in [6, 6.07) is 6.81. The molecule has 0 aliphatic rings. The molecule has 0 fully saturated rings. The molecule has 0 radical (unpaired) electrons. The molecule has 0 amide bonds. The molecule has 0 saturated heterocycles. The van der Waals surface area contributed by atoms with Gasteiger partial charge < -0.3 is 10.6 Å². The molecule has 0 bridgehead atoms. The van der Waals surface area contributed by atoms with E-state index in [-0.39, 0.29) is 6.04 Å². The molecule has 0 aliphatic heterocycles. The average Bonchev–Trinajstić information content (AvgIpc) is 2.27. The number of likely N-dealkylation sites (N-methyl/N-ethyl adjacent to an activating group) is 1. The molecular formula is C15H26N2. The summed E-state index contributed by atoms with van der Waals surface area (Å²) in [7, 11) is 2.12. The van der Waals surface area contributed by atoms with Crippen LogP contribution in [0.1, 0.15) is 31.4 Å². The number of hydrogen-bond acceptors (Lipinski definition) is 2. The normalized spacial score (nSPS) is 14.5. The zero-order chi connectivity index (χ0) is 13.0. The zero-order valence-electron chi connectivity index (χ0n) is 11.8. The van der Waals surface area contributed by atoms with E-state index in [2.05, 4.69) is 57.8 Å². The molecule has 1 aromatic carbocycles. The molecule has 2 N–H and O–H groups in total. The Morgan fingerprint density at radius 1 is 1.29 bits per heavy atom. The minimum Gasteiger partial charge on any atom is -0.373 e. The van der Waals surface area contributed by atoms with Crippen molar-refractivity contribution in [2.24, 2.45) is 11.7 Å². The second-order valence-electron chi connectivity index (χ2n) is 5.22. The van der Waals surface area contributed by atoms with Crippen LogP contribution in [0.25, 0.3) is 0 Å². The number of benzene rings is 1. The van der Waals surface area contributed by atoms with E-state index in [0.29, 0.717) is 5.92 Å². The zero-order valence-corrected chi connectivity index (χ0v) is 11.8. The summed E-state index contributed by atoms with van der Waals surface area (Å²) in [5.74, 6) is 0.572. The lowest BCUT2D eigenvalue weighted by Crippen LogP contribution is -2.40. The van der Waals surface area contributed by atoms with Gasteiger partial charge in [0.15, 0.2) is 0 Å². The first-order chi connectivity index (χ1) is 7.95. The highest BCUT2D eigenvalue weighted by Crippen LogP contribution is 2.20. The van der Waals surface area contributed by atoms with Gasteiger partial charge in [0.1, 0.15) is 0 Å². The fourth-order valence-electron chi connectivity index (χ4n) is 2.13. The average molecular weight is 234 g/mol. The first-order valence-corrected chi connectivity index (χ1v) is 6.49. The van der Waals surface area contributed by atoms with Gasteiger partial charge in [0.2, 0.25) is 0 Å². The third-order valence-corrected chi connectivity index (χ3v) is 3.62. The Balaban J connectivity index is 2.72. The fourth-order valence-corrected chi connectivity index (χ4v) is 2.13. The van der Waals surface area contributed by atoms with Crippen molar-refractivity contribution >= 4 is 5.69 Å². The van der Waals surface area contributed by atoms with Gasteiger partial charge in [-0.15, -0.1) is 0 Å². The molecule has 2 unspecified atom stereocenters. The Bertz CT molecular complexity index is 360. The van der Waals surface area contributed by atoms with Crippen LogP contribution in [0.4, 0.5) is 5.69 Å². The molecule has 2 nitrogen and oxygen atoms in total. The molecule has 0 aliphatic carbocycles. The van der Waals surface area contributed by atoms with E-state index in [9.17, 15) is 0 Å². The summed E-state index contributed by atoms with van der Waals surface area (Å²) in [4.78, 5) is 2.27. The van der Waals surface area contributed by atoms with Crippen LogP contribution in [-0.2, 0) is 0 Å². The second-order valence-corrected chi connectivity index (χ2v) is 5.22. The van der Waals surface area contributed by atoms with Gasteiger partial charge in [-0.2, -0.15) is 0 Å². The molecule has 0 saturated carbocycles. The van der Waals surface area contributed by atoms with E-state index in [4.69, 9.17) is 5.73 Å². The Kier molecular flexibility index (Phi) is 5.01. The molecule has 96 valence electrons. The predicted molar refractivity (Wildman–Crippen MR) is 76.6 cm³/mol. The van der Waals surface area contributed by atoms with Crippen molar-refractivity contribution in [2.45, 2.75) is 40.2 Å². The maximum absolute atomic E-state index is 6.20. The highest BCUT2D eigenvalue weighted by molar-refractivity contribution is 5.53. The van der Waals surface area contributed by atoms with Crippen molar-refractivity contribution in [1.82, 2.24) is 0 Å². The number of anilines is 1. The lowest BCUT2D eigenvalue weighted by molar-refractivity contribution is 0.443. The van der Waals surface area contributed by atoms with Gasteiger partial charge in [-0.25, -0.2) is 0 Å². The van der Waals surface area contributed by atoms with Crippen LogP contribution in [0.15, 0.2) is 18.2 Å². The van der Waals surface area contributed by atoms with Crippen LogP contribution in [0, 0.1) is 19.8 Å². The largest absolute Gasteiger partial charge is 0.373 e. The second kappa shape index (κ2) is 6.06. The van der Waals surface area contributed by atoms with Gasteiger partial charge in [-0.05, 0) is 31.4 Å². The minimum atomic E-state index is 0.241. The first-order valence-electron chi connectivity index (χ1n) is 6.49. The molecule has 0 aromatic heterocycles. The maximum Gasteiger partial charge on any atom is 0.0394 e. The van der Waals surface area contributed by atoms with Crippen molar-refractivity contribution in [1.29, 1.82) is 0 Å². The Labute approximate surface area is 106 Å². The molecule has 17 heavy (non-hydrogen) atoms. The van der Waals surface area contributed by atoms with Crippen molar-refractivity contribution in [3.8, 4) is 0 Å². The number of hydrogen-bond donors (Lipinski definition) is 1. The van der Waals surface area contributed by atoms with E-state index in [1.807, 2.05) is 0 Å². The molecule has 2 atom stereocenters. The summed E-state index contributed by atoms with van der Waals surface area (Å²) in [6.45, 7) is 9.62. The van der Waals surface area contributed by atoms with Crippen LogP contribution >= 0.6 is 0 Å². The van der Waals surface area contributed by atoms with Crippen LogP contribution in [-0.4, -0.2) is 19.6 Å². The van der Waals surface area contributed by atoms with Crippen LogP contribution in [0.2, 0.25) is 0 Å². The molecule has 1 rings (SSSR count). The Hall–Kier alpha value is -1.02. The van der Waals surface area contributed by atoms with E-state index in [1.54, 1.807) is 0 Å². The third kappa shape index (κ3) is 3.74. The van der Waals surface area contributed by atoms with Crippen LogP contribution in [0.3, 0.4) is 0 Å². The topological polar surface area (TPSA) is 29.3 Å². The summed E-state index contributed by atoms with van der Waals surface area (Å²) in [6.07, 6.45) is 1.14. The molecular weight excluding hydrogens is 208 g/mol. The molecule has 0 spiro atoms. The Morgan fingerprint density at radius 2 is 1.94 bits per heavy atom. The molecule has 2 heteroatoms. The van der Waals surface area contributed by atoms with Crippen LogP contribution < -0.4 is 10.6 Å². The highest BCUT2D eigenvalue weighted by atomic mass is 15.1. The van der Waals surface area contributed by atoms with E-state index in [1.165, 1.54) is 16.8 Å². The molecule has 0 heterocycles. The lowest BCUT2D eigenvalue weighted by atomic mass is 9.99. The lowest BCUT2D eigenvalue weighted by Gasteiger charge is -2.28. The maximum atomic E-state index is 6.20. The van der Waals surface area contributed by atoms with Crippen molar-refractivity contribution in [3.05, 3.63) is 29.3 Å². The Morgan fingerprint density at radius 3 is 2.47 bits per heavy atom. The van der Waals surface area contributed by atoms with E-state index >= 15 is 0 Å². The van der Waals surface area contributed by atoms with Gasteiger partial charge in [-0.1, -0.05) is 38.0 Å². The van der Waals surface area contributed by atoms with Gasteiger partial charge in [-0.3, -0.25) is 0 Å². The number of nitrogens with zero attached hydrogens (tertiary/aromatic N) is 1. The summed E-state index contributed by atoms with van der Waals surface area (Å²) >= 11 is 0. The van der Waals surface area contributed by atoms with E-state index < -0.39 is 0 Å². The van der Waals surface area contributed by atoms with Crippen molar-refractivity contribution in [2.75, 3.05) is 18.5 Å². The summed E-state index contributed by atoms with van der Waals surface area (Å²) < 4.78 is 0. The van der Waals surface area contributed by atoms with Gasteiger partial charge in [0.05, 0.1) is 0 Å². The van der Waals surface area contributed by atoms with Crippen molar-refractivity contribution < 1.29 is 0 Å². The number of nitrogens with two attached hydrogens (primary N) is 1. The van der Waals surface area contributed by atoms with Crippen LogP contribution in [0.5, 0.6) is 0 Å². The summed E-state index contributed by atoms with van der Waals surface area (Å²) in [5.41, 5.74) is 10.1. The molecule has 1 aromatic rings. The predicted octanol–water partition coefficient (Wildman–Crippen LogP) is 3.11. The van der Waals surface area contributed by atoms with Gasteiger partial charge in [0, 0.05) is 25.3 Å². The highest BCUT2D eigenvalue weighted by Gasteiger charge is 2.14. The SMILES string of the molecule is CCC(C)C(N)CN(C)c1ccc(C)cc1C.